The van der Waals surface area contributed by atoms with Gasteiger partial charge < -0.3 is 23.8 Å². The molecule has 4 aliphatic rings. The first-order chi connectivity index (χ1) is 13.0. The fourth-order valence-electron chi connectivity index (χ4n) is 5.14. The van der Waals surface area contributed by atoms with Gasteiger partial charge in [-0.1, -0.05) is 0 Å². The number of quaternary nitrogens is 1. The maximum Gasteiger partial charge on any atom is 0.303 e. The summed E-state index contributed by atoms with van der Waals surface area (Å²) in [5.41, 5.74) is 3.56. The molecule has 3 aliphatic heterocycles. The molecule has 27 heavy (non-hydrogen) atoms. The SMILES string of the molecule is CC(=O)O[C@H]1[C@H]2c3cc4c(cc3C[NH+]3CCC(=C[C@@H]1OC(C)=O)[C@H]23)OCO4. The first kappa shape index (κ1) is 16.6. The van der Waals surface area contributed by atoms with Crippen LogP contribution in [0.3, 0.4) is 0 Å². The van der Waals surface area contributed by atoms with Crippen molar-refractivity contribution >= 4 is 11.9 Å². The van der Waals surface area contributed by atoms with Gasteiger partial charge in [0.2, 0.25) is 6.79 Å². The van der Waals surface area contributed by atoms with E-state index in [1.165, 1.54) is 29.9 Å². The summed E-state index contributed by atoms with van der Waals surface area (Å²) in [5.74, 6) is 0.654. The molecule has 1 N–H and O–H groups in total. The Labute approximate surface area is 156 Å². The highest BCUT2D eigenvalue weighted by Gasteiger charge is 2.54. The van der Waals surface area contributed by atoms with Crippen molar-refractivity contribution in [2.24, 2.45) is 0 Å². The van der Waals surface area contributed by atoms with E-state index >= 15 is 0 Å². The van der Waals surface area contributed by atoms with Gasteiger partial charge in [-0.15, -0.1) is 0 Å². The molecule has 5 rings (SSSR count). The van der Waals surface area contributed by atoms with E-state index in [0.29, 0.717) is 0 Å². The molecular weight excluding hydrogens is 350 g/mol. The van der Waals surface area contributed by atoms with Gasteiger partial charge in [-0.2, -0.15) is 0 Å². The third kappa shape index (κ3) is 2.60. The maximum atomic E-state index is 11.9. The number of fused-ring (bicyclic) bond motifs is 3. The predicted octanol–water partition coefficient (Wildman–Crippen LogP) is 0.473. The van der Waals surface area contributed by atoms with E-state index < -0.39 is 12.2 Å². The molecule has 142 valence electrons. The van der Waals surface area contributed by atoms with Gasteiger partial charge in [-0.3, -0.25) is 9.59 Å². The van der Waals surface area contributed by atoms with Crippen molar-refractivity contribution in [2.75, 3.05) is 13.3 Å². The van der Waals surface area contributed by atoms with Gasteiger partial charge >= 0.3 is 11.9 Å². The second kappa shape index (κ2) is 5.99. The van der Waals surface area contributed by atoms with Gasteiger partial charge in [-0.05, 0) is 29.3 Å². The molecule has 0 bridgehead atoms. The van der Waals surface area contributed by atoms with Crippen molar-refractivity contribution in [1.29, 1.82) is 0 Å². The zero-order chi connectivity index (χ0) is 18.7. The molecule has 0 radical (unpaired) electrons. The van der Waals surface area contributed by atoms with Crippen LogP contribution in [0.5, 0.6) is 11.5 Å². The Kier molecular flexibility index (Phi) is 3.69. The predicted molar refractivity (Wildman–Crippen MR) is 92.4 cm³/mol. The second-order valence-electron chi connectivity index (χ2n) is 7.63. The van der Waals surface area contributed by atoms with Gasteiger partial charge in [0.25, 0.3) is 0 Å². The highest BCUT2D eigenvalue weighted by atomic mass is 16.7. The first-order valence-corrected chi connectivity index (χ1v) is 9.33. The highest BCUT2D eigenvalue weighted by molar-refractivity contribution is 5.68. The normalized spacial score (nSPS) is 32.2. The number of hydrogen-bond acceptors (Lipinski definition) is 6. The fourth-order valence-corrected chi connectivity index (χ4v) is 5.14. The van der Waals surface area contributed by atoms with Crippen LogP contribution in [0.25, 0.3) is 0 Å². The summed E-state index contributed by atoms with van der Waals surface area (Å²) in [7, 11) is 0. The number of benzene rings is 1. The Morgan fingerprint density at radius 2 is 1.85 bits per heavy atom. The second-order valence-corrected chi connectivity index (χ2v) is 7.63. The summed E-state index contributed by atoms with van der Waals surface area (Å²) in [6.45, 7) is 4.91. The summed E-state index contributed by atoms with van der Waals surface area (Å²) in [6, 6.07) is 4.29. The van der Waals surface area contributed by atoms with Crippen molar-refractivity contribution in [2.45, 2.75) is 51.0 Å². The lowest BCUT2D eigenvalue weighted by atomic mass is 9.73. The smallest absolute Gasteiger partial charge is 0.303 e. The topological polar surface area (TPSA) is 75.5 Å². The molecule has 0 amide bonds. The summed E-state index contributed by atoms with van der Waals surface area (Å²) >= 11 is 0. The maximum absolute atomic E-state index is 11.9. The Morgan fingerprint density at radius 3 is 2.59 bits per heavy atom. The van der Waals surface area contributed by atoms with Crippen molar-refractivity contribution in [3.05, 3.63) is 34.9 Å². The molecule has 7 heteroatoms. The Balaban J connectivity index is 1.65. The molecule has 5 atom stereocenters. The van der Waals surface area contributed by atoms with E-state index in [9.17, 15) is 9.59 Å². The first-order valence-electron chi connectivity index (χ1n) is 9.33. The standard InChI is InChI=1S/C20H21NO6/c1-10(22)26-17-5-12-3-4-21-8-13-6-15-16(25-9-24-15)7-14(13)18(19(12)21)20(17)27-11(2)23/h5-7,17-20H,3-4,8-9H2,1-2H3/p+1/t17-,18-,19+,20+/m0/s1. The Bertz CT molecular complexity index is 862. The van der Waals surface area contributed by atoms with Gasteiger partial charge in [0, 0.05) is 25.8 Å². The van der Waals surface area contributed by atoms with Crippen LogP contribution in [0.2, 0.25) is 0 Å². The fraction of sp³-hybridized carbons (Fsp3) is 0.500. The average Bonchev–Trinajstić information content (AvgIpc) is 3.21. The van der Waals surface area contributed by atoms with Gasteiger partial charge in [0.15, 0.2) is 23.7 Å². The molecule has 1 fully saturated rings. The van der Waals surface area contributed by atoms with Crippen LogP contribution >= 0.6 is 0 Å². The molecule has 1 aromatic carbocycles. The third-order valence-corrected chi connectivity index (χ3v) is 6.00. The minimum absolute atomic E-state index is 0.0750. The minimum atomic E-state index is -0.571. The number of nitrogens with one attached hydrogen (secondary N) is 1. The molecule has 0 saturated carbocycles. The van der Waals surface area contributed by atoms with Crippen LogP contribution in [0, 0.1) is 0 Å². The van der Waals surface area contributed by atoms with Crippen LogP contribution in [0.4, 0.5) is 0 Å². The van der Waals surface area contributed by atoms with Crippen LogP contribution in [-0.4, -0.2) is 43.5 Å². The minimum Gasteiger partial charge on any atom is -0.457 e. The molecule has 0 aromatic heterocycles. The Morgan fingerprint density at radius 1 is 1.11 bits per heavy atom. The number of hydrogen-bond donors (Lipinski definition) is 1. The molecule has 1 aromatic rings. The lowest BCUT2D eigenvalue weighted by molar-refractivity contribution is -0.927. The van der Waals surface area contributed by atoms with E-state index in [1.54, 1.807) is 0 Å². The molecule has 7 nitrogen and oxygen atoms in total. The van der Waals surface area contributed by atoms with Gasteiger partial charge in [-0.25, -0.2) is 0 Å². The lowest BCUT2D eigenvalue weighted by Crippen LogP contribution is -3.14. The average molecular weight is 372 g/mol. The molecule has 0 spiro atoms. The van der Waals surface area contributed by atoms with Crippen LogP contribution in [-0.2, 0) is 25.6 Å². The summed E-state index contributed by atoms with van der Waals surface area (Å²) in [4.78, 5) is 25.0. The van der Waals surface area contributed by atoms with Crippen molar-refractivity contribution in [3.63, 3.8) is 0 Å². The zero-order valence-corrected chi connectivity index (χ0v) is 15.3. The zero-order valence-electron chi connectivity index (χ0n) is 15.3. The molecule has 3 heterocycles. The van der Waals surface area contributed by atoms with Crippen molar-refractivity contribution in [1.82, 2.24) is 0 Å². The molecular formula is C20H22NO6+. The summed E-state index contributed by atoms with van der Waals surface area (Å²) < 4.78 is 22.4. The quantitative estimate of drug-likeness (QED) is 0.601. The van der Waals surface area contributed by atoms with Crippen molar-refractivity contribution in [3.8, 4) is 11.5 Å². The van der Waals surface area contributed by atoms with Crippen LogP contribution < -0.4 is 14.4 Å². The molecule has 1 aliphatic carbocycles. The largest absolute Gasteiger partial charge is 0.457 e. The third-order valence-electron chi connectivity index (χ3n) is 6.00. The van der Waals surface area contributed by atoms with E-state index in [1.807, 2.05) is 18.2 Å². The summed E-state index contributed by atoms with van der Waals surface area (Å²) in [5, 5.41) is 0. The van der Waals surface area contributed by atoms with E-state index in [2.05, 4.69) is 0 Å². The van der Waals surface area contributed by atoms with Gasteiger partial charge in [0.1, 0.15) is 12.6 Å². The van der Waals surface area contributed by atoms with E-state index in [4.69, 9.17) is 18.9 Å². The number of carbonyl (C=O) groups excluding carboxylic acids is 2. The van der Waals surface area contributed by atoms with Gasteiger partial charge in [0.05, 0.1) is 12.5 Å². The summed E-state index contributed by atoms with van der Waals surface area (Å²) in [6.07, 6.45) is 1.84. The highest BCUT2D eigenvalue weighted by Crippen LogP contribution is 2.45. The van der Waals surface area contributed by atoms with Crippen LogP contribution in [0.1, 0.15) is 37.3 Å². The van der Waals surface area contributed by atoms with Crippen molar-refractivity contribution < 1.29 is 33.4 Å². The number of esters is 2. The number of carbonyl (C=O) groups is 2. The Hall–Kier alpha value is -2.54. The molecule has 1 unspecified atom stereocenters. The lowest BCUT2D eigenvalue weighted by Gasteiger charge is -2.43. The number of rotatable bonds is 2. The number of ether oxygens (including phenoxy) is 4. The monoisotopic (exact) mass is 372 g/mol. The van der Waals surface area contributed by atoms with E-state index in [0.717, 1.165) is 36.6 Å². The van der Waals surface area contributed by atoms with Crippen LogP contribution in [0.15, 0.2) is 23.8 Å². The van der Waals surface area contributed by atoms with E-state index in [-0.39, 0.29) is 30.7 Å². The molecule has 1 saturated heterocycles.